The van der Waals surface area contributed by atoms with Gasteiger partial charge in [0, 0.05) is 0 Å². The van der Waals surface area contributed by atoms with E-state index in [0.29, 0.717) is 66.1 Å². The summed E-state index contributed by atoms with van der Waals surface area (Å²) in [6, 6.07) is 0. The molecule has 296 valence electrons. The first kappa shape index (κ1) is 48.5. The second-order valence-electron chi connectivity index (χ2n) is 14.2. The Hall–Kier alpha value is -0.480. The smallest absolute Gasteiger partial charge is 0.102 e. The predicted octanol–water partition coefficient (Wildman–Crippen LogP) is 4.52. The molecule has 49 heavy (non-hydrogen) atoms. The average molecular weight is 713 g/mol. The van der Waals surface area contributed by atoms with E-state index in [0.717, 1.165) is 30.7 Å². The maximum absolute atomic E-state index is 9.31. The molecule has 0 aromatic carbocycles. The summed E-state index contributed by atoms with van der Waals surface area (Å²) in [5.74, 6) is 0. The first-order chi connectivity index (χ1) is 23.1. The zero-order chi connectivity index (χ0) is 37.2. The van der Waals surface area contributed by atoms with Crippen LogP contribution < -0.4 is 0 Å². The van der Waals surface area contributed by atoms with Crippen molar-refractivity contribution in [1.82, 2.24) is 0 Å². The maximum Gasteiger partial charge on any atom is 0.102 e. The van der Waals surface area contributed by atoms with Crippen LogP contribution in [-0.2, 0) is 47.4 Å². The van der Waals surface area contributed by atoms with Crippen LogP contribution in [0, 0.1) is 0 Å². The Morgan fingerprint density at radius 1 is 0.388 bits per heavy atom. The van der Waals surface area contributed by atoms with Gasteiger partial charge in [-0.05, 0) is 83.1 Å². The van der Waals surface area contributed by atoms with Crippen molar-refractivity contribution in [3.05, 3.63) is 0 Å². The quantitative estimate of drug-likeness (QED) is 0.0752. The van der Waals surface area contributed by atoms with Crippen LogP contribution in [0.2, 0.25) is 0 Å². The molecule has 0 rings (SSSR count). The molecule has 0 amide bonds. The van der Waals surface area contributed by atoms with Gasteiger partial charge >= 0.3 is 0 Å². The lowest BCUT2D eigenvalue weighted by Gasteiger charge is -2.32. The Labute approximate surface area is 300 Å². The summed E-state index contributed by atoms with van der Waals surface area (Å²) in [6.45, 7) is 32.7. The monoisotopic (exact) mass is 713 g/mol. The average Bonchev–Trinajstić information content (AvgIpc) is 3.08. The molecule has 1 N–H and O–H groups in total. The standard InChI is InChI=1S/C37H78NO11/c1-14-38(13,15-2)16-17-40-19-29(4)42-21-31(6)44-23-33(8)46-25-35(10)48-27-37(12)49-26-36(11)47-24-34(9)45-22-32(7)43-20-30(5)41-18-28(3)39/h28-37,39H,14-27H2,1-13H3/q+1. The number of quaternary nitrogens is 1. The van der Waals surface area contributed by atoms with Gasteiger partial charge in [0.25, 0.3) is 0 Å². The Bertz CT molecular complexity index is 745. The second-order valence-corrected chi connectivity index (χ2v) is 14.2. The molecule has 0 aliphatic carbocycles. The first-order valence-electron chi connectivity index (χ1n) is 18.7. The molecule has 12 nitrogen and oxygen atoms in total. The van der Waals surface area contributed by atoms with Crippen LogP contribution in [-0.4, -0.2) is 170 Å². The Kier molecular flexibility index (Phi) is 28.7. The van der Waals surface area contributed by atoms with Gasteiger partial charge in [0.15, 0.2) is 0 Å². The van der Waals surface area contributed by atoms with E-state index in [-0.39, 0.29) is 54.9 Å². The van der Waals surface area contributed by atoms with E-state index in [1.807, 2.05) is 62.3 Å². The first-order valence-corrected chi connectivity index (χ1v) is 18.7. The van der Waals surface area contributed by atoms with Crippen molar-refractivity contribution in [2.75, 3.05) is 99.4 Å². The highest BCUT2D eigenvalue weighted by Gasteiger charge is 2.17. The third-order valence-corrected chi connectivity index (χ3v) is 8.20. The summed E-state index contributed by atoms with van der Waals surface area (Å²) >= 11 is 0. The zero-order valence-electron chi connectivity index (χ0n) is 33.6. The van der Waals surface area contributed by atoms with Crippen LogP contribution in [0.1, 0.15) is 83.1 Å². The molecule has 0 aromatic rings. The molecular formula is C37H78NO11+. The van der Waals surface area contributed by atoms with Crippen molar-refractivity contribution in [2.24, 2.45) is 0 Å². The van der Waals surface area contributed by atoms with Crippen molar-refractivity contribution in [1.29, 1.82) is 0 Å². The van der Waals surface area contributed by atoms with Crippen LogP contribution >= 0.6 is 0 Å². The summed E-state index contributed by atoms with van der Waals surface area (Å²) in [5.41, 5.74) is 0. The number of ether oxygens (including phenoxy) is 10. The van der Waals surface area contributed by atoms with Gasteiger partial charge in [0.05, 0.1) is 154 Å². The lowest BCUT2D eigenvalue weighted by molar-refractivity contribution is -0.906. The molecule has 0 bridgehead atoms. The van der Waals surface area contributed by atoms with Crippen molar-refractivity contribution in [3.63, 3.8) is 0 Å². The molecule has 0 saturated heterocycles. The van der Waals surface area contributed by atoms with Gasteiger partial charge in [-0.3, -0.25) is 0 Å². The predicted molar refractivity (Wildman–Crippen MR) is 193 cm³/mol. The van der Waals surface area contributed by atoms with Gasteiger partial charge in [-0.15, -0.1) is 0 Å². The number of likely N-dealkylation sites (N-methyl/N-ethyl adjacent to an activating group) is 1. The number of hydrogen-bond acceptors (Lipinski definition) is 11. The molecule has 0 saturated carbocycles. The summed E-state index contributed by atoms with van der Waals surface area (Å²) in [6.07, 6.45) is -1.01. The SMILES string of the molecule is CC[N+](C)(CC)CCOCC(C)OCC(C)OCC(C)OCC(C)OCC(C)OCC(C)OCC(C)OCC(C)OCC(C)OCC(C)O. The molecule has 10 unspecified atom stereocenters. The highest BCUT2D eigenvalue weighted by Crippen LogP contribution is 2.07. The lowest BCUT2D eigenvalue weighted by Crippen LogP contribution is -2.46. The van der Waals surface area contributed by atoms with E-state index in [4.69, 9.17) is 47.4 Å². The molecule has 0 aliphatic rings. The summed E-state index contributed by atoms with van der Waals surface area (Å²) in [4.78, 5) is 0. The van der Waals surface area contributed by atoms with Crippen LogP contribution in [0.4, 0.5) is 0 Å². The third-order valence-electron chi connectivity index (χ3n) is 8.20. The number of aliphatic hydroxyl groups excluding tert-OH is 1. The summed E-state index contributed by atoms with van der Waals surface area (Å²) in [5, 5.41) is 9.31. The van der Waals surface area contributed by atoms with Crippen molar-refractivity contribution in [3.8, 4) is 0 Å². The fraction of sp³-hybridized carbons (Fsp3) is 1.00. The van der Waals surface area contributed by atoms with Crippen LogP contribution in [0.3, 0.4) is 0 Å². The van der Waals surface area contributed by atoms with Gasteiger partial charge in [-0.2, -0.15) is 0 Å². The molecule has 12 heteroatoms. The number of nitrogens with zero attached hydrogens (tertiary/aromatic N) is 1. The molecule has 0 fully saturated rings. The highest BCUT2D eigenvalue weighted by atomic mass is 16.6. The minimum atomic E-state index is -0.483. The molecule has 0 spiro atoms. The third kappa shape index (κ3) is 28.8. The van der Waals surface area contributed by atoms with Crippen molar-refractivity contribution >= 4 is 0 Å². The topological polar surface area (TPSA) is 113 Å². The van der Waals surface area contributed by atoms with Gasteiger partial charge in [-0.25, -0.2) is 0 Å². The molecule has 0 aromatic heterocycles. The zero-order valence-corrected chi connectivity index (χ0v) is 33.6. The maximum atomic E-state index is 9.31. The highest BCUT2D eigenvalue weighted by molar-refractivity contribution is 4.60. The number of aliphatic hydroxyl groups is 1. The van der Waals surface area contributed by atoms with Gasteiger partial charge < -0.3 is 57.0 Å². The van der Waals surface area contributed by atoms with Crippen LogP contribution in [0.5, 0.6) is 0 Å². The second kappa shape index (κ2) is 29.0. The van der Waals surface area contributed by atoms with Crippen LogP contribution in [0.25, 0.3) is 0 Å². The Balaban J connectivity index is 3.93. The molecular weight excluding hydrogens is 634 g/mol. The van der Waals surface area contributed by atoms with E-state index in [1.54, 1.807) is 6.92 Å². The van der Waals surface area contributed by atoms with E-state index < -0.39 is 6.10 Å². The summed E-state index contributed by atoms with van der Waals surface area (Å²) < 4.78 is 59.6. The molecule has 0 heterocycles. The van der Waals surface area contributed by atoms with Crippen molar-refractivity contribution < 1.29 is 57.0 Å². The fourth-order valence-corrected chi connectivity index (χ4v) is 4.21. The molecule has 0 radical (unpaired) electrons. The minimum absolute atomic E-state index is 0.0229. The van der Waals surface area contributed by atoms with Crippen LogP contribution in [0.15, 0.2) is 0 Å². The molecule has 0 aliphatic heterocycles. The largest absolute Gasteiger partial charge is 0.391 e. The van der Waals surface area contributed by atoms with E-state index in [1.165, 1.54) is 0 Å². The Morgan fingerprint density at radius 3 is 0.837 bits per heavy atom. The normalized spacial score (nSPS) is 18.7. The summed E-state index contributed by atoms with van der Waals surface area (Å²) in [7, 11) is 2.26. The van der Waals surface area contributed by atoms with Gasteiger partial charge in [0.2, 0.25) is 0 Å². The number of hydrogen-bond donors (Lipinski definition) is 1. The van der Waals surface area contributed by atoms with E-state index >= 15 is 0 Å². The van der Waals surface area contributed by atoms with E-state index in [9.17, 15) is 5.11 Å². The lowest BCUT2D eigenvalue weighted by atomic mass is 10.3. The van der Waals surface area contributed by atoms with Gasteiger partial charge in [0.1, 0.15) is 6.54 Å². The Morgan fingerprint density at radius 2 is 0.612 bits per heavy atom. The fourth-order valence-electron chi connectivity index (χ4n) is 4.21. The van der Waals surface area contributed by atoms with Gasteiger partial charge in [-0.1, -0.05) is 0 Å². The molecule has 10 atom stereocenters. The number of rotatable bonds is 34. The van der Waals surface area contributed by atoms with Crippen molar-refractivity contribution in [2.45, 2.75) is 144 Å². The minimum Gasteiger partial charge on any atom is -0.391 e. The van der Waals surface area contributed by atoms with E-state index in [2.05, 4.69) is 20.9 Å².